The maximum atomic E-state index is 12.2. The van der Waals surface area contributed by atoms with Crippen molar-refractivity contribution in [3.63, 3.8) is 0 Å². The molecule has 4 heteroatoms. The number of unbranched alkanes of at least 4 members (excludes halogenated alkanes) is 22. The molecule has 3 N–H and O–H groups in total. The second-order valence-corrected chi connectivity index (χ2v) is 14.0. The lowest BCUT2D eigenvalue weighted by Crippen LogP contribution is -2.45. The van der Waals surface area contributed by atoms with Crippen molar-refractivity contribution in [2.75, 3.05) is 6.61 Å². The van der Waals surface area contributed by atoms with Crippen LogP contribution in [0.5, 0.6) is 0 Å². The first-order valence-electron chi connectivity index (χ1n) is 21.0. The van der Waals surface area contributed by atoms with Crippen molar-refractivity contribution in [2.24, 2.45) is 0 Å². The molecule has 1 amide bonds. The minimum Gasteiger partial charge on any atom is -0.394 e. The smallest absolute Gasteiger partial charge is 0.220 e. The third-order valence-electron chi connectivity index (χ3n) is 9.26. The van der Waals surface area contributed by atoms with Gasteiger partial charge >= 0.3 is 0 Å². The van der Waals surface area contributed by atoms with Gasteiger partial charge in [-0.1, -0.05) is 203 Å². The zero-order valence-electron chi connectivity index (χ0n) is 32.4. The Morgan fingerprint density at radius 1 is 0.510 bits per heavy atom. The number of rotatable bonds is 37. The van der Waals surface area contributed by atoms with E-state index in [-0.39, 0.29) is 12.5 Å². The second-order valence-electron chi connectivity index (χ2n) is 14.0. The van der Waals surface area contributed by atoms with Crippen LogP contribution in [0, 0.1) is 0 Å². The van der Waals surface area contributed by atoms with Crippen molar-refractivity contribution in [3.8, 4) is 0 Å². The fourth-order valence-corrected chi connectivity index (χ4v) is 6.04. The summed E-state index contributed by atoms with van der Waals surface area (Å²) in [7, 11) is 0. The van der Waals surface area contributed by atoms with E-state index < -0.39 is 12.1 Å². The first-order chi connectivity index (χ1) is 24.2. The van der Waals surface area contributed by atoms with Crippen LogP contribution < -0.4 is 5.32 Å². The molecule has 0 aliphatic rings. The number of aliphatic hydroxyl groups is 2. The number of hydrogen-bond donors (Lipinski definition) is 3. The third kappa shape index (κ3) is 37.2. The third-order valence-corrected chi connectivity index (χ3v) is 9.26. The molecular weight excluding hydrogens is 602 g/mol. The molecule has 0 heterocycles. The minimum absolute atomic E-state index is 0.0737. The summed E-state index contributed by atoms with van der Waals surface area (Å²) in [5.41, 5.74) is 0. The number of hydrogen-bond acceptors (Lipinski definition) is 3. The number of carbonyl (C=O) groups excluding carboxylic acids is 1. The molecule has 0 fully saturated rings. The summed E-state index contributed by atoms with van der Waals surface area (Å²) in [6.07, 6.45) is 56.8. The van der Waals surface area contributed by atoms with Gasteiger partial charge in [0.1, 0.15) is 0 Å². The predicted octanol–water partition coefficient (Wildman–Crippen LogP) is 13.0. The molecule has 0 aromatic carbocycles. The molecule has 0 spiro atoms. The zero-order chi connectivity index (χ0) is 35.7. The Morgan fingerprint density at radius 3 is 1.33 bits per heavy atom. The number of allylic oxidation sites excluding steroid dienone is 9. The summed E-state index contributed by atoms with van der Waals surface area (Å²) in [6, 6.07) is -0.617. The van der Waals surface area contributed by atoms with Crippen molar-refractivity contribution in [1.82, 2.24) is 5.32 Å². The fourth-order valence-electron chi connectivity index (χ4n) is 6.04. The molecule has 0 aliphatic heterocycles. The van der Waals surface area contributed by atoms with E-state index in [0.717, 1.165) is 57.8 Å². The fraction of sp³-hybridized carbons (Fsp3) is 0.756. The molecule has 0 bridgehead atoms. The van der Waals surface area contributed by atoms with Gasteiger partial charge in [-0.15, -0.1) is 0 Å². The Morgan fingerprint density at radius 2 is 0.898 bits per heavy atom. The van der Waals surface area contributed by atoms with Crippen LogP contribution in [-0.2, 0) is 4.79 Å². The molecule has 0 aliphatic carbocycles. The van der Waals surface area contributed by atoms with Gasteiger partial charge < -0.3 is 15.5 Å². The Kier molecular flexibility index (Phi) is 38.9. The molecule has 49 heavy (non-hydrogen) atoms. The minimum atomic E-state index is -0.834. The Bertz CT molecular complexity index is 827. The maximum Gasteiger partial charge on any atom is 0.220 e. The van der Waals surface area contributed by atoms with Crippen molar-refractivity contribution in [3.05, 3.63) is 60.8 Å². The molecule has 0 saturated carbocycles. The highest BCUT2D eigenvalue weighted by molar-refractivity contribution is 5.76. The van der Waals surface area contributed by atoms with E-state index in [2.05, 4.69) is 67.8 Å². The monoisotopic (exact) mass is 684 g/mol. The van der Waals surface area contributed by atoms with Crippen molar-refractivity contribution in [2.45, 2.75) is 212 Å². The van der Waals surface area contributed by atoms with E-state index in [1.165, 1.54) is 122 Å². The zero-order valence-corrected chi connectivity index (χ0v) is 32.4. The molecule has 284 valence electrons. The quantitative estimate of drug-likeness (QED) is 0.0451. The molecule has 0 saturated heterocycles. The highest BCUT2D eigenvalue weighted by Crippen LogP contribution is 2.15. The molecule has 0 aromatic rings. The van der Waals surface area contributed by atoms with Crippen LogP contribution in [0.15, 0.2) is 60.8 Å². The Hall–Kier alpha value is -1.91. The van der Waals surface area contributed by atoms with Gasteiger partial charge in [0.2, 0.25) is 5.91 Å². The van der Waals surface area contributed by atoms with Crippen LogP contribution >= 0.6 is 0 Å². The highest BCUT2D eigenvalue weighted by atomic mass is 16.3. The summed E-state index contributed by atoms with van der Waals surface area (Å²) in [5.74, 6) is -0.0737. The van der Waals surface area contributed by atoms with Gasteiger partial charge in [-0.2, -0.15) is 0 Å². The molecule has 0 aromatic heterocycles. The van der Waals surface area contributed by atoms with Crippen molar-refractivity contribution < 1.29 is 15.0 Å². The molecule has 4 nitrogen and oxygen atoms in total. The molecule has 2 atom stereocenters. The lowest BCUT2D eigenvalue weighted by Gasteiger charge is -2.19. The van der Waals surface area contributed by atoms with Crippen LogP contribution in [0.4, 0.5) is 0 Å². The Labute approximate surface area is 305 Å². The van der Waals surface area contributed by atoms with Crippen molar-refractivity contribution in [1.29, 1.82) is 0 Å². The first-order valence-corrected chi connectivity index (χ1v) is 21.0. The summed E-state index contributed by atoms with van der Waals surface area (Å²) >= 11 is 0. The molecular formula is C45H81NO3. The highest BCUT2D eigenvalue weighted by Gasteiger charge is 2.17. The van der Waals surface area contributed by atoms with Crippen LogP contribution in [0.3, 0.4) is 0 Å². The van der Waals surface area contributed by atoms with Crippen LogP contribution in [0.1, 0.15) is 200 Å². The van der Waals surface area contributed by atoms with E-state index in [0.29, 0.717) is 6.42 Å². The van der Waals surface area contributed by atoms with Gasteiger partial charge in [-0.05, 0) is 51.4 Å². The normalized spacial score (nSPS) is 13.6. The van der Waals surface area contributed by atoms with Gasteiger partial charge in [-0.25, -0.2) is 0 Å². The first kappa shape index (κ1) is 47.1. The van der Waals surface area contributed by atoms with Gasteiger partial charge in [0, 0.05) is 6.42 Å². The maximum absolute atomic E-state index is 12.2. The van der Waals surface area contributed by atoms with E-state index in [4.69, 9.17) is 0 Å². The average Bonchev–Trinajstić information content (AvgIpc) is 3.11. The lowest BCUT2D eigenvalue weighted by molar-refractivity contribution is -0.123. The summed E-state index contributed by atoms with van der Waals surface area (Å²) in [4.78, 5) is 12.2. The van der Waals surface area contributed by atoms with E-state index >= 15 is 0 Å². The topological polar surface area (TPSA) is 69.6 Å². The Balaban J connectivity index is 3.36. The predicted molar refractivity (Wildman–Crippen MR) is 216 cm³/mol. The summed E-state index contributed by atoms with van der Waals surface area (Å²) in [5, 5.41) is 22.5. The largest absolute Gasteiger partial charge is 0.394 e. The lowest BCUT2D eigenvalue weighted by atomic mass is 10.0. The van der Waals surface area contributed by atoms with E-state index in [1.807, 2.05) is 6.08 Å². The SMILES string of the molecule is CC/C=C\C/C=C\C/C=C\C/C=C\CCCCCCCCCCCCCCCCCCCCCCC(=O)NC(CO)C(O)/C=C/CCCC. The van der Waals surface area contributed by atoms with E-state index in [9.17, 15) is 15.0 Å². The van der Waals surface area contributed by atoms with Gasteiger partial charge in [0.15, 0.2) is 0 Å². The number of amides is 1. The van der Waals surface area contributed by atoms with Crippen molar-refractivity contribution >= 4 is 5.91 Å². The van der Waals surface area contributed by atoms with Crippen LogP contribution in [0.25, 0.3) is 0 Å². The van der Waals surface area contributed by atoms with E-state index in [1.54, 1.807) is 6.08 Å². The summed E-state index contributed by atoms with van der Waals surface area (Å²) < 4.78 is 0. The number of aliphatic hydroxyl groups excluding tert-OH is 2. The van der Waals surface area contributed by atoms with Crippen LogP contribution in [-0.4, -0.2) is 34.9 Å². The molecule has 2 unspecified atom stereocenters. The number of carbonyl (C=O) groups is 1. The summed E-state index contributed by atoms with van der Waals surface area (Å²) in [6.45, 7) is 4.05. The molecule has 0 radical (unpaired) electrons. The van der Waals surface area contributed by atoms with Crippen LogP contribution in [0.2, 0.25) is 0 Å². The van der Waals surface area contributed by atoms with Gasteiger partial charge in [0.05, 0.1) is 18.8 Å². The number of nitrogens with one attached hydrogen (secondary N) is 1. The van der Waals surface area contributed by atoms with Gasteiger partial charge in [-0.3, -0.25) is 4.79 Å². The standard InChI is InChI=1S/C45H81NO3/c1-3-5-7-9-10-11-12-13-14-15-16-17-18-19-20-21-22-23-24-25-26-27-28-29-30-31-32-33-34-35-36-37-39-41-45(49)46-43(42-47)44(48)40-38-8-6-4-2/h5,7,10-11,13-14,16-17,38,40,43-44,47-48H,3-4,6,8-9,12,15,18-37,39,41-42H2,1-2H3,(H,46,49)/b7-5-,11-10-,14-13-,17-16-,40-38+. The molecule has 0 rings (SSSR count). The van der Waals surface area contributed by atoms with Gasteiger partial charge in [0.25, 0.3) is 0 Å². The second kappa shape index (κ2) is 40.5. The average molecular weight is 684 g/mol.